The summed E-state index contributed by atoms with van der Waals surface area (Å²) in [7, 11) is -5.00. The van der Waals surface area contributed by atoms with Crippen molar-refractivity contribution in [3.8, 4) is 17.6 Å². The van der Waals surface area contributed by atoms with Gasteiger partial charge in [0.25, 0.3) is 0 Å². The number of hydrogen-bond acceptors (Lipinski definition) is 15. The van der Waals surface area contributed by atoms with Crippen LogP contribution in [0.25, 0.3) is 5.52 Å². The van der Waals surface area contributed by atoms with Crippen molar-refractivity contribution in [1.82, 2.24) is 14.6 Å². The highest BCUT2D eigenvalue weighted by atomic mass is 31.2. The van der Waals surface area contributed by atoms with Gasteiger partial charge in [-0.15, -0.1) is 0 Å². The molecule has 4 atom stereocenters. The van der Waals surface area contributed by atoms with Crippen LogP contribution < -0.4 is 14.8 Å². The zero-order chi connectivity index (χ0) is 33.8. The minimum Gasteiger partial charge on any atom is -0.462 e. The number of para-hydroxylation sites is 2. The number of aliphatic hydroxyl groups excluding tert-OH is 2. The summed E-state index contributed by atoms with van der Waals surface area (Å²) in [4.78, 5) is 29.2. The molecule has 0 radical (unpaired) electrons. The average Bonchev–Trinajstić information content (AvgIpc) is 3.60. The molecule has 1 aliphatic heterocycles. The van der Waals surface area contributed by atoms with Gasteiger partial charge in [-0.25, -0.2) is 23.7 Å². The SMILES string of the molecule is CCOC(=O)c1ccccc1OP(=O)(OC[C@@]1(C#N)O[C@@H](c2ccc3c(N)ncnn23)[C@H](O)[C@@H]1O)Oc1ccccc1C(=O)OCC. The van der Waals surface area contributed by atoms with Gasteiger partial charge in [-0.1, -0.05) is 24.3 Å². The molecule has 1 aliphatic rings. The number of aliphatic hydroxyl groups is 2. The van der Waals surface area contributed by atoms with E-state index in [4.69, 9.17) is 33.5 Å². The molecule has 2 aromatic heterocycles. The number of nitriles is 1. The second kappa shape index (κ2) is 13.8. The average molecular weight is 668 g/mol. The molecule has 16 nitrogen and oxygen atoms in total. The van der Waals surface area contributed by atoms with Gasteiger partial charge in [0.1, 0.15) is 65.5 Å². The van der Waals surface area contributed by atoms with E-state index in [1.807, 2.05) is 0 Å². The van der Waals surface area contributed by atoms with Crippen LogP contribution in [0, 0.1) is 11.3 Å². The Morgan fingerprint density at radius 2 is 1.57 bits per heavy atom. The molecule has 0 saturated carbocycles. The molecule has 2 aromatic carbocycles. The van der Waals surface area contributed by atoms with Gasteiger partial charge < -0.3 is 39.2 Å². The first-order valence-electron chi connectivity index (χ1n) is 14.3. The molecule has 0 amide bonds. The third-order valence-electron chi connectivity index (χ3n) is 7.06. The van der Waals surface area contributed by atoms with Crippen molar-refractivity contribution in [1.29, 1.82) is 5.26 Å². The fourth-order valence-electron chi connectivity index (χ4n) is 4.81. The number of esters is 2. The molecular weight excluding hydrogens is 637 g/mol. The first-order valence-corrected chi connectivity index (χ1v) is 15.7. The summed E-state index contributed by atoms with van der Waals surface area (Å²) in [6.07, 6.45) is -3.75. The van der Waals surface area contributed by atoms with E-state index in [1.54, 1.807) is 26.0 Å². The van der Waals surface area contributed by atoms with Crippen molar-refractivity contribution in [3.63, 3.8) is 0 Å². The monoisotopic (exact) mass is 667 g/mol. The van der Waals surface area contributed by atoms with Gasteiger partial charge >= 0.3 is 19.8 Å². The molecule has 4 N–H and O–H groups in total. The number of carbonyl (C=O) groups excluding carboxylic acids is 2. The fourth-order valence-corrected chi connectivity index (χ4v) is 6.10. The number of phosphoric acid groups is 1. The molecule has 0 bridgehead atoms. The minimum atomic E-state index is -5.00. The lowest BCUT2D eigenvalue weighted by Crippen LogP contribution is -2.45. The first kappa shape index (κ1) is 33.3. The number of nitrogens with zero attached hydrogens (tertiary/aromatic N) is 4. The van der Waals surface area contributed by atoms with Crippen LogP contribution in [0.2, 0.25) is 0 Å². The van der Waals surface area contributed by atoms with Gasteiger partial charge in [-0.2, -0.15) is 10.4 Å². The third kappa shape index (κ3) is 6.61. The van der Waals surface area contributed by atoms with Crippen LogP contribution in [-0.2, 0) is 23.3 Å². The molecule has 4 aromatic rings. The quantitative estimate of drug-likeness (QED) is 0.146. The van der Waals surface area contributed by atoms with Crippen molar-refractivity contribution in [3.05, 3.63) is 83.8 Å². The zero-order valence-corrected chi connectivity index (χ0v) is 26.0. The Morgan fingerprint density at radius 3 is 2.13 bits per heavy atom. The molecule has 5 rings (SSSR count). The number of aromatic nitrogens is 3. The second-order valence-corrected chi connectivity index (χ2v) is 11.5. The summed E-state index contributed by atoms with van der Waals surface area (Å²) < 4.78 is 48.8. The van der Waals surface area contributed by atoms with Crippen molar-refractivity contribution >= 4 is 31.1 Å². The van der Waals surface area contributed by atoms with Crippen LogP contribution in [0.5, 0.6) is 11.5 Å². The summed E-state index contributed by atoms with van der Waals surface area (Å²) in [6.45, 7) is 2.27. The highest BCUT2D eigenvalue weighted by molar-refractivity contribution is 7.49. The highest BCUT2D eigenvalue weighted by Crippen LogP contribution is 2.53. The van der Waals surface area contributed by atoms with Crippen LogP contribution >= 0.6 is 7.82 Å². The number of nitrogens with two attached hydrogens (primary N) is 1. The van der Waals surface area contributed by atoms with Crippen LogP contribution in [0.3, 0.4) is 0 Å². The number of nitrogen functional groups attached to an aromatic ring is 1. The molecule has 0 aliphatic carbocycles. The number of hydrogen-bond donors (Lipinski definition) is 3. The lowest BCUT2D eigenvalue weighted by Gasteiger charge is -2.27. The number of phosphoric ester groups is 1. The van der Waals surface area contributed by atoms with E-state index in [9.17, 15) is 29.6 Å². The largest absolute Gasteiger partial charge is 0.587 e. The Balaban J connectivity index is 1.50. The molecule has 0 spiro atoms. The van der Waals surface area contributed by atoms with Gasteiger partial charge in [0.15, 0.2) is 5.82 Å². The van der Waals surface area contributed by atoms with E-state index in [2.05, 4.69) is 10.1 Å². The van der Waals surface area contributed by atoms with Gasteiger partial charge in [0.2, 0.25) is 5.60 Å². The van der Waals surface area contributed by atoms with Crippen molar-refractivity contribution in [2.45, 2.75) is 37.8 Å². The smallest absolute Gasteiger partial charge is 0.462 e. The number of anilines is 1. The number of ether oxygens (including phenoxy) is 3. The van der Waals surface area contributed by atoms with E-state index in [0.717, 1.165) is 0 Å². The lowest BCUT2D eigenvalue weighted by molar-refractivity contribution is -0.0723. The number of carbonyl (C=O) groups is 2. The maximum atomic E-state index is 14.4. The summed E-state index contributed by atoms with van der Waals surface area (Å²) in [6, 6.07) is 16.2. The maximum Gasteiger partial charge on any atom is 0.587 e. The van der Waals surface area contributed by atoms with Crippen LogP contribution in [-0.4, -0.2) is 74.4 Å². The molecular formula is C30H30N5O11P. The zero-order valence-electron chi connectivity index (χ0n) is 25.1. The van der Waals surface area contributed by atoms with Crippen molar-refractivity contribution in [2.24, 2.45) is 0 Å². The number of benzene rings is 2. The molecule has 47 heavy (non-hydrogen) atoms. The lowest BCUT2D eigenvalue weighted by atomic mass is 9.96. The molecule has 3 heterocycles. The van der Waals surface area contributed by atoms with Crippen molar-refractivity contribution < 1.29 is 52.1 Å². The van der Waals surface area contributed by atoms with Gasteiger partial charge in [0, 0.05) is 0 Å². The van der Waals surface area contributed by atoms with Crippen molar-refractivity contribution in [2.75, 3.05) is 25.6 Å². The first-order chi connectivity index (χ1) is 22.6. The van der Waals surface area contributed by atoms with Crippen LogP contribution in [0.15, 0.2) is 67.0 Å². The van der Waals surface area contributed by atoms with Gasteiger partial charge in [-0.3, -0.25) is 4.52 Å². The van der Waals surface area contributed by atoms with E-state index in [0.29, 0.717) is 5.52 Å². The second-order valence-electron chi connectivity index (χ2n) is 10.0. The maximum absolute atomic E-state index is 14.4. The minimum absolute atomic E-state index is 0.0315. The third-order valence-corrected chi connectivity index (χ3v) is 8.35. The van der Waals surface area contributed by atoms with Crippen LogP contribution in [0.1, 0.15) is 46.4 Å². The molecule has 1 saturated heterocycles. The molecule has 0 unspecified atom stereocenters. The Hall–Kier alpha value is -5.04. The predicted molar refractivity (Wildman–Crippen MR) is 161 cm³/mol. The molecule has 246 valence electrons. The number of rotatable bonds is 12. The molecule has 1 fully saturated rings. The predicted octanol–water partition coefficient (Wildman–Crippen LogP) is 3.00. The standard InChI is InChI=1S/C30H30N5O11P/c1-3-41-28(38)18-9-5-7-11-22(18)45-47(40,46-23-12-8-6-10-19(23)29(39)42-4-2)43-16-30(15-31)26(37)24(36)25(44-30)20-13-14-21-27(32)33-17-34-35(20)21/h5-14,17,24-26,36-37H,3-4,16H2,1-2H3,(H2,32,33,34)/t24-,25-,26-,30+/m0/s1. The summed E-state index contributed by atoms with van der Waals surface area (Å²) >= 11 is 0. The van der Waals surface area contributed by atoms with Gasteiger partial charge in [-0.05, 0) is 50.2 Å². The Morgan fingerprint density at radius 1 is 1.00 bits per heavy atom. The highest BCUT2D eigenvalue weighted by Gasteiger charge is 2.57. The topological polar surface area (TPSA) is 227 Å². The normalized spacial score (nSPS) is 20.8. The van der Waals surface area contributed by atoms with Crippen LogP contribution in [0.4, 0.5) is 5.82 Å². The summed E-state index contributed by atoms with van der Waals surface area (Å²) in [5.41, 5.74) is 3.91. The Kier molecular flexibility index (Phi) is 9.75. The van der Waals surface area contributed by atoms with E-state index >= 15 is 0 Å². The molecule has 17 heteroatoms. The summed E-state index contributed by atoms with van der Waals surface area (Å²) in [5.74, 6) is -2.04. The Labute approximate surface area is 267 Å². The van der Waals surface area contributed by atoms with E-state index in [1.165, 1.54) is 65.4 Å². The fraction of sp³-hybridized carbons (Fsp3) is 0.300. The summed E-state index contributed by atoms with van der Waals surface area (Å²) in [5, 5.41) is 36.5. The van der Waals surface area contributed by atoms with E-state index in [-0.39, 0.29) is 47.4 Å². The Bertz CT molecular complexity index is 1810. The number of fused-ring (bicyclic) bond motifs is 1. The van der Waals surface area contributed by atoms with Gasteiger partial charge in [0.05, 0.1) is 18.9 Å². The van der Waals surface area contributed by atoms with E-state index < -0.39 is 50.3 Å².